The van der Waals surface area contributed by atoms with Crippen LogP contribution < -0.4 is 0 Å². The van der Waals surface area contributed by atoms with E-state index < -0.39 is 10.0 Å². The van der Waals surface area contributed by atoms with Crippen molar-refractivity contribution >= 4 is 15.6 Å². The van der Waals surface area contributed by atoms with Crippen molar-refractivity contribution in [3.63, 3.8) is 0 Å². The minimum atomic E-state index is -3.56. The van der Waals surface area contributed by atoms with E-state index in [1.807, 2.05) is 58.0 Å². The van der Waals surface area contributed by atoms with Gasteiger partial charge in [-0.05, 0) is 55.9 Å². The SMILES string of the molecule is C/C=C(/c1ccccc1)[C@H]1[C@H](C(C)C)N1S(=O)(=O)c1c(C)cc(C)cc1C. The van der Waals surface area contributed by atoms with E-state index in [-0.39, 0.29) is 18.0 Å². The summed E-state index contributed by atoms with van der Waals surface area (Å²) >= 11 is 0. The molecule has 0 radical (unpaired) electrons. The van der Waals surface area contributed by atoms with Gasteiger partial charge in [0.1, 0.15) is 0 Å². The third kappa shape index (κ3) is 3.48. The highest BCUT2D eigenvalue weighted by atomic mass is 32.2. The Morgan fingerprint density at radius 2 is 1.59 bits per heavy atom. The first-order valence-corrected chi connectivity index (χ1v) is 11.0. The molecule has 1 unspecified atom stereocenters. The normalized spacial score (nSPS) is 22.9. The molecule has 0 amide bonds. The summed E-state index contributed by atoms with van der Waals surface area (Å²) in [5, 5.41) is 0. The van der Waals surface area contributed by atoms with Gasteiger partial charge in [-0.2, -0.15) is 4.31 Å². The molecular formula is C23H29NO2S. The smallest absolute Gasteiger partial charge is 0.207 e. The second-order valence-electron chi connectivity index (χ2n) is 7.85. The maximum atomic E-state index is 13.6. The van der Waals surface area contributed by atoms with E-state index in [0.717, 1.165) is 27.8 Å². The second-order valence-corrected chi connectivity index (χ2v) is 9.63. The molecule has 0 N–H and O–H groups in total. The number of nitrogens with zero attached hydrogens (tertiary/aromatic N) is 1. The number of rotatable bonds is 5. The Morgan fingerprint density at radius 3 is 2.07 bits per heavy atom. The minimum absolute atomic E-state index is 0.0125. The standard InChI is InChI=1S/C23H29NO2S/c1-7-20(19-11-9-8-10-12-19)22-21(15(2)3)24(22)27(25,26)23-17(5)13-16(4)14-18(23)6/h7-15,21-22H,1-6H3/b20-7-/t21-,22-,24?/m0/s1. The molecule has 4 heteroatoms. The van der Waals surface area contributed by atoms with Gasteiger partial charge in [0.15, 0.2) is 0 Å². The van der Waals surface area contributed by atoms with Gasteiger partial charge < -0.3 is 0 Å². The summed E-state index contributed by atoms with van der Waals surface area (Å²) in [7, 11) is -3.56. The van der Waals surface area contributed by atoms with E-state index in [1.54, 1.807) is 4.31 Å². The zero-order valence-electron chi connectivity index (χ0n) is 17.0. The summed E-state index contributed by atoms with van der Waals surface area (Å²) in [4.78, 5) is 0.463. The zero-order valence-corrected chi connectivity index (χ0v) is 17.8. The van der Waals surface area contributed by atoms with Gasteiger partial charge in [-0.1, -0.05) is 68.0 Å². The number of allylic oxidation sites excluding steroid dienone is 1. The molecule has 1 fully saturated rings. The Balaban J connectivity index is 2.08. The molecule has 0 spiro atoms. The maximum absolute atomic E-state index is 13.6. The van der Waals surface area contributed by atoms with Crippen molar-refractivity contribution in [3.05, 3.63) is 70.8 Å². The van der Waals surface area contributed by atoms with Gasteiger partial charge in [-0.25, -0.2) is 8.42 Å². The zero-order chi connectivity index (χ0) is 19.9. The summed E-state index contributed by atoms with van der Waals surface area (Å²) in [6.45, 7) is 12.0. The molecule has 1 aliphatic rings. The van der Waals surface area contributed by atoms with Crippen molar-refractivity contribution < 1.29 is 8.42 Å². The van der Waals surface area contributed by atoms with Crippen molar-refractivity contribution in [1.82, 2.24) is 4.31 Å². The molecule has 1 aliphatic heterocycles. The average molecular weight is 384 g/mol. The molecule has 0 saturated carbocycles. The number of hydrogen-bond donors (Lipinski definition) is 0. The van der Waals surface area contributed by atoms with Crippen LogP contribution in [0.5, 0.6) is 0 Å². The van der Waals surface area contributed by atoms with Gasteiger partial charge >= 0.3 is 0 Å². The lowest BCUT2D eigenvalue weighted by atomic mass is 9.97. The largest absolute Gasteiger partial charge is 0.244 e. The van der Waals surface area contributed by atoms with Crippen LogP contribution in [0.25, 0.3) is 5.57 Å². The lowest BCUT2D eigenvalue weighted by Gasteiger charge is -2.15. The van der Waals surface area contributed by atoms with Crippen molar-refractivity contribution in [3.8, 4) is 0 Å². The van der Waals surface area contributed by atoms with Gasteiger partial charge in [0.05, 0.1) is 10.9 Å². The fourth-order valence-electron chi connectivity index (χ4n) is 4.34. The first kappa shape index (κ1) is 19.8. The third-order valence-electron chi connectivity index (χ3n) is 5.36. The first-order chi connectivity index (χ1) is 12.7. The minimum Gasteiger partial charge on any atom is -0.207 e. The predicted octanol–water partition coefficient (Wildman–Crippen LogP) is 5.11. The molecular weight excluding hydrogens is 354 g/mol. The Labute approximate surface area is 163 Å². The van der Waals surface area contributed by atoms with E-state index in [0.29, 0.717) is 4.90 Å². The quantitative estimate of drug-likeness (QED) is 0.673. The molecule has 1 heterocycles. The molecule has 3 nitrogen and oxygen atoms in total. The molecule has 0 aromatic heterocycles. The molecule has 2 aromatic rings. The van der Waals surface area contributed by atoms with Crippen molar-refractivity contribution in [2.45, 2.75) is 58.5 Å². The third-order valence-corrected chi connectivity index (χ3v) is 7.55. The highest BCUT2D eigenvalue weighted by Gasteiger charge is 2.58. The number of sulfonamides is 1. The predicted molar refractivity (Wildman–Crippen MR) is 112 cm³/mol. The second kappa shape index (κ2) is 7.25. The van der Waals surface area contributed by atoms with Crippen molar-refractivity contribution in [1.29, 1.82) is 0 Å². The van der Waals surface area contributed by atoms with E-state index in [1.165, 1.54) is 0 Å². The number of benzene rings is 2. The maximum Gasteiger partial charge on any atom is 0.244 e. The van der Waals surface area contributed by atoms with Crippen LogP contribution in [0.2, 0.25) is 0 Å². The number of hydrogen-bond acceptors (Lipinski definition) is 2. The molecule has 2 aromatic carbocycles. The van der Waals surface area contributed by atoms with Crippen LogP contribution in [-0.2, 0) is 10.0 Å². The molecule has 0 bridgehead atoms. The topological polar surface area (TPSA) is 37.1 Å². The molecule has 3 atom stereocenters. The van der Waals surface area contributed by atoms with Crippen LogP contribution in [-0.4, -0.2) is 24.8 Å². The monoisotopic (exact) mass is 383 g/mol. The Hall–Kier alpha value is -1.91. The van der Waals surface area contributed by atoms with E-state index in [4.69, 9.17) is 0 Å². The Bertz CT molecular complexity index is 952. The lowest BCUT2D eigenvalue weighted by molar-refractivity contribution is 0.516. The average Bonchev–Trinajstić information content (AvgIpc) is 3.32. The fraction of sp³-hybridized carbons (Fsp3) is 0.391. The highest BCUT2D eigenvalue weighted by Crippen LogP contribution is 2.47. The number of aryl methyl sites for hydroxylation is 3. The molecule has 144 valence electrons. The van der Waals surface area contributed by atoms with Crippen LogP contribution in [0.1, 0.15) is 43.0 Å². The van der Waals surface area contributed by atoms with Gasteiger partial charge in [0, 0.05) is 6.04 Å². The van der Waals surface area contributed by atoms with E-state index >= 15 is 0 Å². The van der Waals surface area contributed by atoms with Crippen LogP contribution in [0.15, 0.2) is 53.4 Å². The van der Waals surface area contributed by atoms with Crippen LogP contribution in [0.3, 0.4) is 0 Å². The summed E-state index contributed by atoms with van der Waals surface area (Å²) < 4.78 is 29.0. The molecule has 0 aliphatic carbocycles. The first-order valence-electron chi connectivity index (χ1n) is 9.53. The van der Waals surface area contributed by atoms with Gasteiger partial charge in [-0.15, -0.1) is 0 Å². The molecule has 27 heavy (non-hydrogen) atoms. The van der Waals surface area contributed by atoms with Gasteiger partial charge in [-0.3, -0.25) is 0 Å². The lowest BCUT2D eigenvalue weighted by Crippen LogP contribution is -2.20. The van der Waals surface area contributed by atoms with Crippen LogP contribution >= 0.6 is 0 Å². The fourth-order valence-corrected chi connectivity index (χ4v) is 6.64. The van der Waals surface area contributed by atoms with E-state index in [9.17, 15) is 8.42 Å². The van der Waals surface area contributed by atoms with Crippen molar-refractivity contribution in [2.75, 3.05) is 0 Å². The summed E-state index contributed by atoms with van der Waals surface area (Å²) in [5.41, 5.74) is 4.90. The summed E-state index contributed by atoms with van der Waals surface area (Å²) in [5.74, 6) is 0.245. The van der Waals surface area contributed by atoms with Crippen molar-refractivity contribution in [2.24, 2.45) is 5.92 Å². The molecule has 1 saturated heterocycles. The van der Waals surface area contributed by atoms with E-state index in [2.05, 4.69) is 32.1 Å². The summed E-state index contributed by atoms with van der Waals surface area (Å²) in [6.07, 6.45) is 2.06. The van der Waals surface area contributed by atoms with Gasteiger partial charge in [0.2, 0.25) is 10.0 Å². The Morgan fingerprint density at radius 1 is 1.04 bits per heavy atom. The summed E-state index contributed by atoms with van der Waals surface area (Å²) in [6, 6.07) is 13.9. The van der Waals surface area contributed by atoms with Gasteiger partial charge in [0.25, 0.3) is 0 Å². The molecule has 3 rings (SSSR count). The Kier molecular flexibility index (Phi) is 5.33. The highest BCUT2D eigenvalue weighted by molar-refractivity contribution is 7.89. The van der Waals surface area contributed by atoms with Crippen LogP contribution in [0.4, 0.5) is 0 Å². The van der Waals surface area contributed by atoms with Crippen LogP contribution in [0, 0.1) is 26.7 Å².